The summed E-state index contributed by atoms with van der Waals surface area (Å²) in [6, 6.07) is 0.170. The highest BCUT2D eigenvalue weighted by Gasteiger charge is 2.17. The molecule has 0 saturated heterocycles. The van der Waals surface area contributed by atoms with E-state index in [0.717, 1.165) is 0 Å². The van der Waals surface area contributed by atoms with Crippen LogP contribution in [-0.2, 0) is 0 Å². The van der Waals surface area contributed by atoms with E-state index in [4.69, 9.17) is 17.3 Å². The van der Waals surface area contributed by atoms with Crippen LogP contribution in [0.1, 0.15) is 31.7 Å². The minimum atomic E-state index is -0.739. The number of nitrogens with zero attached hydrogens (tertiary/aromatic N) is 2. The van der Waals surface area contributed by atoms with Crippen LogP contribution in [0, 0.1) is 0 Å². The molecule has 0 spiro atoms. The summed E-state index contributed by atoms with van der Waals surface area (Å²) in [5.41, 5.74) is 5.95. The first-order valence-corrected chi connectivity index (χ1v) is 4.56. The molecule has 0 radical (unpaired) electrons. The highest BCUT2D eigenvalue weighted by molar-refractivity contribution is 6.31. The molecule has 0 aliphatic carbocycles. The summed E-state index contributed by atoms with van der Waals surface area (Å²) in [6.45, 7) is 4.09. The second kappa shape index (κ2) is 4.09. The van der Waals surface area contributed by atoms with Gasteiger partial charge in [-0.15, -0.1) is 0 Å². The fourth-order valence-corrected chi connectivity index (χ4v) is 1.44. The number of hydrogen-bond acceptors (Lipinski definition) is 3. The van der Waals surface area contributed by atoms with E-state index in [-0.39, 0.29) is 12.6 Å². The molecule has 1 atom stereocenters. The molecule has 1 unspecified atom stereocenters. The number of nitrogens with two attached hydrogens (primary N) is 1. The maximum atomic E-state index is 9.56. The number of hydrogen-bond donors (Lipinski definition) is 2. The van der Waals surface area contributed by atoms with Gasteiger partial charge in [0, 0.05) is 12.6 Å². The van der Waals surface area contributed by atoms with Gasteiger partial charge >= 0.3 is 0 Å². The fraction of sp³-hybridized carbons (Fsp3) is 0.625. The van der Waals surface area contributed by atoms with E-state index >= 15 is 0 Å². The van der Waals surface area contributed by atoms with Gasteiger partial charge in [-0.2, -0.15) is 5.10 Å². The van der Waals surface area contributed by atoms with Crippen LogP contribution in [0.25, 0.3) is 0 Å². The molecule has 3 N–H and O–H groups in total. The SMILES string of the molecule is CC(C)n1ncc(Cl)c1C(O)CN. The number of aliphatic hydroxyl groups is 1. The lowest BCUT2D eigenvalue weighted by molar-refractivity contribution is 0.173. The first-order chi connectivity index (χ1) is 6.07. The Kier molecular flexibility index (Phi) is 3.30. The Morgan fingerprint density at radius 3 is 2.77 bits per heavy atom. The monoisotopic (exact) mass is 203 g/mol. The summed E-state index contributed by atoms with van der Waals surface area (Å²) in [6.07, 6.45) is 0.785. The maximum Gasteiger partial charge on any atom is 0.109 e. The first-order valence-electron chi connectivity index (χ1n) is 4.19. The summed E-state index contributed by atoms with van der Waals surface area (Å²) >= 11 is 5.86. The molecule has 5 heteroatoms. The Morgan fingerprint density at radius 2 is 2.31 bits per heavy atom. The zero-order valence-electron chi connectivity index (χ0n) is 7.74. The summed E-state index contributed by atoms with van der Waals surface area (Å²) < 4.78 is 1.68. The van der Waals surface area contributed by atoms with Crippen molar-refractivity contribution in [3.05, 3.63) is 16.9 Å². The molecule has 1 aromatic heterocycles. The van der Waals surface area contributed by atoms with Crippen LogP contribution in [0.2, 0.25) is 5.02 Å². The van der Waals surface area contributed by atoms with Gasteiger partial charge in [-0.25, -0.2) is 0 Å². The van der Waals surface area contributed by atoms with Gasteiger partial charge < -0.3 is 10.8 Å². The molecular weight excluding hydrogens is 190 g/mol. The van der Waals surface area contributed by atoms with Crippen molar-refractivity contribution in [3.8, 4) is 0 Å². The average molecular weight is 204 g/mol. The summed E-state index contributed by atoms with van der Waals surface area (Å²) in [4.78, 5) is 0. The van der Waals surface area contributed by atoms with Crippen molar-refractivity contribution in [2.75, 3.05) is 6.54 Å². The Labute approximate surface area is 82.3 Å². The number of aliphatic hydroxyl groups excluding tert-OH is 1. The molecule has 0 saturated carbocycles. The smallest absolute Gasteiger partial charge is 0.109 e. The van der Waals surface area contributed by atoms with Crippen molar-refractivity contribution < 1.29 is 5.11 Å². The van der Waals surface area contributed by atoms with Crippen LogP contribution in [-0.4, -0.2) is 21.4 Å². The van der Waals surface area contributed by atoms with Crippen LogP contribution in [0.5, 0.6) is 0 Å². The van der Waals surface area contributed by atoms with Crippen LogP contribution in [0.4, 0.5) is 0 Å². The zero-order valence-corrected chi connectivity index (χ0v) is 8.49. The number of rotatable bonds is 3. The maximum absolute atomic E-state index is 9.56. The quantitative estimate of drug-likeness (QED) is 0.774. The average Bonchev–Trinajstić information content (AvgIpc) is 2.46. The van der Waals surface area contributed by atoms with Crippen molar-refractivity contribution in [1.82, 2.24) is 9.78 Å². The molecular formula is C8H14ClN3O. The minimum absolute atomic E-state index is 0.151. The summed E-state index contributed by atoms with van der Waals surface area (Å²) in [7, 11) is 0. The molecule has 4 nitrogen and oxygen atoms in total. The lowest BCUT2D eigenvalue weighted by Crippen LogP contribution is -2.18. The molecule has 0 aliphatic heterocycles. The molecule has 1 rings (SSSR count). The van der Waals surface area contributed by atoms with Gasteiger partial charge in [-0.05, 0) is 13.8 Å². The predicted molar refractivity (Wildman–Crippen MR) is 51.6 cm³/mol. The van der Waals surface area contributed by atoms with Crippen LogP contribution < -0.4 is 5.73 Å². The van der Waals surface area contributed by atoms with E-state index in [0.29, 0.717) is 10.7 Å². The zero-order chi connectivity index (χ0) is 10.0. The van der Waals surface area contributed by atoms with E-state index in [1.807, 2.05) is 13.8 Å². The van der Waals surface area contributed by atoms with Gasteiger partial charge in [0.2, 0.25) is 0 Å². The van der Waals surface area contributed by atoms with E-state index in [1.54, 1.807) is 4.68 Å². The Morgan fingerprint density at radius 1 is 1.69 bits per heavy atom. The molecule has 13 heavy (non-hydrogen) atoms. The number of aromatic nitrogens is 2. The molecule has 1 heterocycles. The highest BCUT2D eigenvalue weighted by atomic mass is 35.5. The standard InChI is InChI=1S/C8H14ClN3O/c1-5(2)12-8(7(13)3-10)6(9)4-11-12/h4-5,7,13H,3,10H2,1-2H3. The summed E-state index contributed by atoms with van der Waals surface area (Å²) in [5.74, 6) is 0. The van der Waals surface area contributed by atoms with Gasteiger partial charge in [-0.1, -0.05) is 11.6 Å². The second-order valence-corrected chi connectivity index (χ2v) is 3.57. The minimum Gasteiger partial charge on any atom is -0.385 e. The third-order valence-corrected chi connectivity index (χ3v) is 2.11. The second-order valence-electron chi connectivity index (χ2n) is 3.17. The van der Waals surface area contributed by atoms with Gasteiger partial charge in [0.25, 0.3) is 0 Å². The van der Waals surface area contributed by atoms with Gasteiger partial charge in [-0.3, -0.25) is 4.68 Å². The molecule has 0 amide bonds. The lowest BCUT2D eigenvalue weighted by Gasteiger charge is -2.14. The highest BCUT2D eigenvalue weighted by Crippen LogP contribution is 2.24. The van der Waals surface area contributed by atoms with Gasteiger partial charge in [0.05, 0.1) is 16.9 Å². The lowest BCUT2D eigenvalue weighted by atomic mass is 10.2. The Balaban J connectivity index is 3.08. The molecule has 0 fully saturated rings. The fourth-order valence-electron chi connectivity index (χ4n) is 1.19. The third-order valence-electron chi connectivity index (χ3n) is 1.82. The number of halogens is 1. The molecule has 74 valence electrons. The van der Waals surface area contributed by atoms with Crippen LogP contribution >= 0.6 is 11.6 Å². The molecule has 1 aromatic rings. The molecule has 0 aromatic carbocycles. The Hall–Kier alpha value is -0.580. The normalized spacial score (nSPS) is 13.7. The van der Waals surface area contributed by atoms with Crippen molar-refractivity contribution in [2.45, 2.75) is 26.0 Å². The van der Waals surface area contributed by atoms with E-state index in [1.165, 1.54) is 6.20 Å². The Bertz CT molecular complexity index is 285. The molecule has 0 aliphatic rings. The third kappa shape index (κ3) is 2.02. The van der Waals surface area contributed by atoms with Crippen LogP contribution in [0.15, 0.2) is 6.20 Å². The molecule has 0 bridgehead atoms. The topological polar surface area (TPSA) is 64.1 Å². The van der Waals surface area contributed by atoms with Crippen molar-refractivity contribution >= 4 is 11.6 Å². The van der Waals surface area contributed by atoms with Crippen molar-refractivity contribution in [1.29, 1.82) is 0 Å². The van der Waals surface area contributed by atoms with Crippen LogP contribution in [0.3, 0.4) is 0 Å². The van der Waals surface area contributed by atoms with E-state index < -0.39 is 6.10 Å². The van der Waals surface area contributed by atoms with Crippen molar-refractivity contribution in [3.63, 3.8) is 0 Å². The van der Waals surface area contributed by atoms with E-state index in [9.17, 15) is 5.11 Å². The van der Waals surface area contributed by atoms with Gasteiger partial charge in [0.15, 0.2) is 0 Å². The van der Waals surface area contributed by atoms with E-state index in [2.05, 4.69) is 5.10 Å². The van der Waals surface area contributed by atoms with Gasteiger partial charge in [0.1, 0.15) is 6.10 Å². The first kappa shape index (κ1) is 10.5. The predicted octanol–water partition coefficient (Wildman–Crippen LogP) is 1.11. The largest absolute Gasteiger partial charge is 0.385 e. The summed E-state index contributed by atoms with van der Waals surface area (Å²) in [5, 5.41) is 14.1. The van der Waals surface area contributed by atoms with Crippen molar-refractivity contribution in [2.24, 2.45) is 5.73 Å².